The van der Waals surface area contributed by atoms with Gasteiger partial charge in [0, 0.05) is 5.38 Å². The maximum absolute atomic E-state index is 12.2. The van der Waals surface area contributed by atoms with E-state index in [1.54, 1.807) is 32.4 Å². The monoisotopic (exact) mass is 360 g/mol. The van der Waals surface area contributed by atoms with Gasteiger partial charge in [-0.1, -0.05) is 11.2 Å². The van der Waals surface area contributed by atoms with E-state index >= 15 is 0 Å². The molecule has 2 heterocycles. The number of thiazole rings is 1. The first-order chi connectivity index (χ1) is 12.1. The molecular weight excluding hydrogens is 344 g/mol. The van der Waals surface area contributed by atoms with Crippen molar-refractivity contribution >= 4 is 23.3 Å². The molecule has 0 fully saturated rings. The second kappa shape index (κ2) is 7.31. The first kappa shape index (κ1) is 16.9. The van der Waals surface area contributed by atoms with E-state index in [2.05, 4.69) is 20.5 Å². The molecule has 0 saturated heterocycles. The Morgan fingerprint density at radius 1 is 1.24 bits per heavy atom. The van der Waals surface area contributed by atoms with E-state index in [4.69, 9.17) is 13.9 Å². The lowest BCUT2D eigenvalue weighted by atomic mass is 10.1. The van der Waals surface area contributed by atoms with Gasteiger partial charge in [-0.05, 0) is 24.6 Å². The fraction of sp³-hybridized carbons (Fsp3) is 0.250. The number of benzene rings is 1. The van der Waals surface area contributed by atoms with Gasteiger partial charge in [-0.15, -0.1) is 16.4 Å². The first-order valence-electron chi connectivity index (χ1n) is 7.36. The molecular formula is C16H16N4O4S. The van der Waals surface area contributed by atoms with E-state index in [0.29, 0.717) is 17.2 Å². The quantitative estimate of drug-likeness (QED) is 0.721. The minimum Gasteiger partial charge on any atom is -0.493 e. The number of nitrogens with one attached hydrogen (secondary N) is 1. The zero-order chi connectivity index (χ0) is 17.8. The fourth-order valence-corrected chi connectivity index (χ4v) is 2.77. The molecule has 0 aliphatic rings. The normalized spacial score (nSPS) is 10.5. The molecule has 0 aliphatic carbocycles. The van der Waals surface area contributed by atoms with Gasteiger partial charge in [-0.25, -0.2) is 4.98 Å². The minimum absolute atomic E-state index is 0.0335. The Labute approximate surface area is 147 Å². The molecule has 0 saturated carbocycles. The van der Waals surface area contributed by atoms with Crippen molar-refractivity contribution in [3.05, 3.63) is 34.2 Å². The van der Waals surface area contributed by atoms with Crippen molar-refractivity contribution in [2.45, 2.75) is 13.3 Å². The Balaban J connectivity index is 1.66. The van der Waals surface area contributed by atoms with Crippen LogP contribution < -0.4 is 14.8 Å². The maximum Gasteiger partial charge on any atom is 0.322 e. The number of hydrogen-bond donors (Lipinski definition) is 1. The third-order valence-electron chi connectivity index (χ3n) is 3.32. The van der Waals surface area contributed by atoms with Crippen LogP contribution in [-0.4, -0.2) is 35.3 Å². The summed E-state index contributed by atoms with van der Waals surface area (Å²) in [5, 5.41) is 13.0. The summed E-state index contributed by atoms with van der Waals surface area (Å²) in [5.41, 5.74) is 1.36. The number of hydrogen-bond acceptors (Lipinski definition) is 8. The maximum atomic E-state index is 12.2. The third kappa shape index (κ3) is 3.94. The number of aromatic nitrogens is 3. The summed E-state index contributed by atoms with van der Waals surface area (Å²) < 4.78 is 15.8. The Morgan fingerprint density at radius 2 is 2.04 bits per heavy atom. The number of aryl methyl sites for hydroxylation is 1. The second-order valence-electron chi connectivity index (χ2n) is 5.08. The van der Waals surface area contributed by atoms with Crippen LogP contribution in [0.25, 0.3) is 11.6 Å². The lowest BCUT2D eigenvalue weighted by Crippen LogP contribution is -2.14. The van der Waals surface area contributed by atoms with Crippen molar-refractivity contribution in [2.24, 2.45) is 0 Å². The highest BCUT2D eigenvalue weighted by Gasteiger charge is 2.14. The lowest BCUT2D eigenvalue weighted by Gasteiger charge is -2.09. The van der Waals surface area contributed by atoms with Crippen LogP contribution in [0.5, 0.6) is 11.5 Å². The van der Waals surface area contributed by atoms with Crippen molar-refractivity contribution in [2.75, 3.05) is 19.5 Å². The summed E-state index contributed by atoms with van der Waals surface area (Å²) >= 11 is 1.48. The highest BCUT2D eigenvalue weighted by Crippen LogP contribution is 2.28. The number of nitrogens with zero attached hydrogens (tertiary/aromatic N) is 3. The van der Waals surface area contributed by atoms with Gasteiger partial charge in [0.1, 0.15) is 5.69 Å². The van der Waals surface area contributed by atoms with E-state index in [9.17, 15) is 4.79 Å². The molecule has 0 bridgehead atoms. The molecule has 0 unspecified atom stereocenters. The van der Waals surface area contributed by atoms with Crippen LogP contribution >= 0.6 is 11.3 Å². The van der Waals surface area contributed by atoms with Crippen molar-refractivity contribution in [1.29, 1.82) is 0 Å². The molecule has 2 aromatic heterocycles. The highest BCUT2D eigenvalue weighted by molar-refractivity contribution is 7.09. The summed E-state index contributed by atoms with van der Waals surface area (Å²) in [4.78, 5) is 16.4. The van der Waals surface area contributed by atoms with E-state index < -0.39 is 0 Å². The largest absolute Gasteiger partial charge is 0.493 e. The molecule has 1 amide bonds. The topological polar surface area (TPSA) is 99.4 Å². The highest BCUT2D eigenvalue weighted by atomic mass is 32.1. The SMILES string of the molecule is COc1ccc(CC(=O)Nc2nnc(-c3csc(C)n3)o2)cc1OC. The predicted molar refractivity (Wildman–Crippen MR) is 92.0 cm³/mol. The van der Waals surface area contributed by atoms with Crippen LogP contribution in [0.1, 0.15) is 10.6 Å². The number of ether oxygens (including phenoxy) is 2. The minimum atomic E-state index is -0.281. The molecule has 0 atom stereocenters. The number of carbonyl (C=O) groups is 1. The van der Waals surface area contributed by atoms with Gasteiger partial charge < -0.3 is 13.9 Å². The van der Waals surface area contributed by atoms with E-state index in [0.717, 1.165) is 10.6 Å². The standard InChI is InChI=1S/C16H16N4O4S/c1-9-17-11(8-25-9)15-19-20-16(24-15)18-14(21)7-10-4-5-12(22-2)13(6-10)23-3/h4-6,8H,7H2,1-3H3,(H,18,20,21). The molecule has 3 aromatic rings. The first-order valence-corrected chi connectivity index (χ1v) is 8.23. The van der Waals surface area contributed by atoms with Gasteiger partial charge in [0.05, 0.1) is 25.6 Å². The van der Waals surface area contributed by atoms with Gasteiger partial charge >= 0.3 is 6.01 Å². The third-order valence-corrected chi connectivity index (χ3v) is 4.10. The summed E-state index contributed by atoms with van der Waals surface area (Å²) in [6.45, 7) is 1.89. The molecule has 1 N–H and O–H groups in total. The number of anilines is 1. The van der Waals surface area contributed by atoms with E-state index in [-0.39, 0.29) is 24.2 Å². The van der Waals surface area contributed by atoms with E-state index in [1.165, 1.54) is 11.3 Å². The van der Waals surface area contributed by atoms with Gasteiger partial charge in [0.15, 0.2) is 11.5 Å². The lowest BCUT2D eigenvalue weighted by molar-refractivity contribution is -0.115. The second-order valence-corrected chi connectivity index (χ2v) is 6.14. The van der Waals surface area contributed by atoms with Gasteiger partial charge in [-0.2, -0.15) is 0 Å². The smallest absolute Gasteiger partial charge is 0.322 e. The van der Waals surface area contributed by atoms with Crippen molar-refractivity contribution in [3.8, 4) is 23.1 Å². The number of amides is 1. The number of methoxy groups -OCH3 is 2. The molecule has 130 valence electrons. The van der Waals surface area contributed by atoms with Crippen LogP contribution in [0, 0.1) is 6.92 Å². The zero-order valence-corrected chi connectivity index (χ0v) is 14.7. The Morgan fingerprint density at radius 3 is 2.72 bits per heavy atom. The molecule has 3 rings (SSSR count). The van der Waals surface area contributed by atoms with E-state index in [1.807, 2.05) is 12.3 Å². The number of carbonyl (C=O) groups excluding carboxylic acids is 1. The van der Waals surface area contributed by atoms with Crippen LogP contribution in [0.4, 0.5) is 6.01 Å². The number of rotatable bonds is 6. The van der Waals surface area contributed by atoms with Crippen LogP contribution in [-0.2, 0) is 11.2 Å². The Kier molecular flexibility index (Phi) is 4.94. The van der Waals surface area contributed by atoms with Crippen molar-refractivity contribution < 1.29 is 18.7 Å². The van der Waals surface area contributed by atoms with Gasteiger partial charge in [0.2, 0.25) is 5.91 Å². The molecule has 9 heteroatoms. The van der Waals surface area contributed by atoms with Crippen molar-refractivity contribution in [1.82, 2.24) is 15.2 Å². The molecule has 0 aliphatic heterocycles. The van der Waals surface area contributed by atoms with Crippen LogP contribution in [0.2, 0.25) is 0 Å². The molecule has 1 aromatic carbocycles. The molecule has 0 radical (unpaired) electrons. The summed E-state index contributed by atoms with van der Waals surface area (Å²) in [6, 6.07) is 5.32. The van der Waals surface area contributed by atoms with Crippen LogP contribution in [0.15, 0.2) is 28.0 Å². The average Bonchev–Trinajstić information content (AvgIpc) is 3.23. The predicted octanol–water partition coefficient (Wildman–Crippen LogP) is 2.70. The zero-order valence-electron chi connectivity index (χ0n) is 13.9. The summed E-state index contributed by atoms with van der Waals surface area (Å²) in [7, 11) is 3.10. The van der Waals surface area contributed by atoms with Gasteiger partial charge in [-0.3, -0.25) is 10.1 Å². The average molecular weight is 360 g/mol. The Bertz CT molecular complexity index is 890. The summed E-state index contributed by atoms with van der Waals surface area (Å²) in [6.07, 6.45) is 0.133. The molecule has 8 nitrogen and oxygen atoms in total. The van der Waals surface area contributed by atoms with Gasteiger partial charge in [0.25, 0.3) is 5.89 Å². The molecule has 0 spiro atoms. The summed E-state index contributed by atoms with van der Waals surface area (Å²) in [5.74, 6) is 1.15. The van der Waals surface area contributed by atoms with Crippen LogP contribution in [0.3, 0.4) is 0 Å². The molecule has 25 heavy (non-hydrogen) atoms. The Hall–Kier alpha value is -2.94. The van der Waals surface area contributed by atoms with Crippen molar-refractivity contribution in [3.63, 3.8) is 0 Å². The fourth-order valence-electron chi connectivity index (χ4n) is 2.18.